The normalized spacial score (nSPS) is 51.6. The average Bonchev–Trinajstić information content (AvgIpc) is 1.71. The lowest BCUT2D eigenvalue weighted by molar-refractivity contribution is -0.346. The van der Waals surface area contributed by atoms with E-state index in [9.17, 15) is 35.1 Å². The van der Waals surface area contributed by atoms with Crippen LogP contribution in [0.4, 0.5) is 0 Å². The predicted octanol–water partition coefficient (Wildman–Crippen LogP) is 7.63. The molecule has 2 bridgehead atoms. The molecule has 6 saturated heterocycles. The lowest BCUT2D eigenvalue weighted by atomic mass is 9.49. The van der Waals surface area contributed by atoms with E-state index in [1.54, 1.807) is 20.8 Å². The number of amides is 1. The van der Waals surface area contributed by atoms with Crippen LogP contribution in [-0.4, -0.2) is 171 Å². The van der Waals surface area contributed by atoms with Gasteiger partial charge in [0, 0.05) is 74.5 Å². The highest BCUT2D eigenvalue weighted by Crippen LogP contribution is 2.61. The molecule has 488 valence electrons. The van der Waals surface area contributed by atoms with E-state index in [0.29, 0.717) is 32.1 Å². The van der Waals surface area contributed by atoms with Gasteiger partial charge in [-0.15, -0.1) is 0 Å². The van der Waals surface area contributed by atoms with Crippen LogP contribution in [0.25, 0.3) is 0 Å². The maximum atomic E-state index is 15.6. The summed E-state index contributed by atoms with van der Waals surface area (Å²) < 4.78 is 72.3. The first kappa shape index (κ1) is 66.5. The number of aliphatic hydroxyl groups is 5. The molecule has 6 aliphatic heterocycles. The number of ketones is 1. The van der Waals surface area contributed by atoms with Gasteiger partial charge in [-0.25, -0.2) is 4.79 Å². The number of carbonyl (C=O) groups is 3. The van der Waals surface area contributed by atoms with Crippen molar-refractivity contribution in [1.82, 2.24) is 5.32 Å². The molecule has 0 aromatic carbocycles. The quantitative estimate of drug-likeness (QED) is 0.0623. The van der Waals surface area contributed by atoms with Gasteiger partial charge in [-0.3, -0.25) is 9.59 Å². The fourth-order valence-corrected chi connectivity index (χ4v) is 17.0. The van der Waals surface area contributed by atoms with Crippen molar-refractivity contribution in [3.63, 3.8) is 0 Å². The van der Waals surface area contributed by atoms with Gasteiger partial charge in [0.15, 0.2) is 37.1 Å². The van der Waals surface area contributed by atoms with Crippen LogP contribution in [0.1, 0.15) is 161 Å². The van der Waals surface area contributed by atoms with Crippen LogP contribution in [0.2, 0.25) is 0 Å². The van der Waals surface area contributed by atoms with Crippen LogP contribution < -0.4 is 5.32 Å². The lowest BCUT2D eigenvalue weighted by Gasteiger charge is -2.56. The Morgan fingerprint density at radius 2 is 1.30 bits per heavy atom. The second kappa shape index (κ2) is 26.3. The van der Waals surface area contributed by atoms with Crippen LogP contribution in [0.15, 0.2) is 58.9 Å². The Hall–Kier alpha value is -3.45. The van der Waals surface area contributed by atoms with Gasteiger partial charge in [-0.2, -0.15) is 0 Å². The minimum atomic E-state index is -1.63. The topological polar surface area (TPSA) is 266 Å². The smallest absolute Gasteiger partial charge is 0.346 e. The first-order valence-corrected chi connectivity index (χ1v) is 32.6. The molecule has 0 aromatic rings. The number of esters is 1. The molecule has 4 aliphatic carbocycles. The minimum Gasteiger partial charge on any atom is -0.511 e. The van der Waals surface area contributed by atoms with E-state index < -0.39 is 145 Å². The number of hydrogen-bond acceptors (Lipinski definition) is 19. The number of rotatable bonds is 12. The SMILES string of the molecule is CCC1C=CC2/C=C(\C)C(OC3CC(C)(O)C(NC(C)=O)C(C)O3)C(C)/C=C(\C)C3C=CC4C(OC5CCC(OC6CC(OC7CCC(O)C(C)O7)C(OC7CC(O)C(O)C(C)O7)C(C)O6)C(C)O5)C(C)CC(C)C4C3(C)/C(O)=C3/C(=O)OC2(C1)C3=O. The van der Waals surface area contributed by atoms with Gasteiger partial charge < -0.3 is 83.0 Å². The first-order chi connectivity index (χ1) is 41.0. The highest BCUT2D eigenvalue weighted by atomic mass is 16.8. The van der Waals surface area contributed by atoms with Gasteiger partial charge in [0.25, 0.3) is 0 Å². The molecule has 0 radical (unpaired) electrons. The summed E-state index contributed by atoms with van der Waals surface area (Å²) in [5, 5.41) is 59.4. The van der Waals surface area contributed by atoms with Crippen LogP contribution >= 0.6 is 0 Å². The molecule has 30 unspecified atom stereocenters. The maximum Gasteiger partial charge on any atom is 0.346 e. The zero-order valence-electron chi connectivity index (χ0n) is 53.6. The average molecular weight is 1220 g/mol. The third-order valence-corrected chi connectivity index (χ3v) is 21.5. The van der Waals surface area contributed by atoms with Crippen molar-refractivity contribution in [3.05, 3.63) is 58.9 Å². The Morgan fingerprint density at radius 3 is 1.98 bits per heavy atom. The Morgan fingerprint density at radius 1 is 0.655 bits per heavy atom. The molecule has 10 aliphatic rings. The fourth-order valence-electron chi connectivity index (χ4n) is 17.0. The van der Waals surface area contributed by atoms with Crippen LogP contribution in [-0.2, 0) is 66.5 Å². The molecule has 7 fully saturated rings. The van der Waals surface area contributed by atoms with E-state index in [1.165, 1.54) is 6.92 Å². The van der Waals surface area contributed by atoms with Crippen LogP contribution in [0.3, 0.4) is 0 Å². The number of hydrogen-bond donors (Lipinski definition) is 6. The summed E-state index contributed by atoms with van der Waals surface area (Å²) in [6, 6.07) is -0.672. The van der Waals surface area contributed by atoms with Gasteiger partial charge in [-0.05, 0) is 110 Å². The second-order valence-corrected chi connectivity index (χ2v) is 28.2. The third kappa shape index (κ3) is 13.2. The Kier molecular flexibility index (Phi) is 20.1. The number of allylic oxidation sites excluding steroid dienone is 4. The van der Waals surface area contributed by atoms with Crippen LogP contribution in [0.5, 0.6) is 0 Å². The highest BCUT2D eigenvalue weighted by molar-refractivity contribution is 6.26. The number of fused-ring (bicyclic) bond motifs is 4. The molecule has 1 amide bonds. The second-order valence-electron chi connectivity index (χ2n) is 28.2. The molecule has 1 saturated carbocycles. The van der Waals surface area contributed by atoms with E-state index in [1.807, 2.05) is 60.6 Å². The molecule has 6 N–H and O–H groups in total. The summed E-state index contributed by atoms with van der Waals surface area (Å²) in [4.78, 5) is 42.6. The van der Waals surface area contributed by atoms with Gasteiger partial charge in [-0.1, -0.05) is 76.6 Å². The Bertz CT molecular complexity index is 2640. The van der Waals surface area contributed by atoms with Gasteiger partial charge in [0.2, 0.25) is 11.7 Å². The molecule has 6 heterocycles. The highest BCUT2D eigenvalue weighted by Gasteiger charge is 2.64. The third-order valence-electron chi connectivity index (χ3n) is 21.5. The first-order valence-electron chi connectivity index (χ1n) is 32.6. The molecule has 0 aromatic heterocycles. The van der Waals surface area contributed by atoms with E-state index in [0.717, 1.165) is 17.6 Å². The molecular formula is C67H101NO19. The van der Waals surface area contributed by atoms with Crippen molar-refractivity contribution < 1.29 is 92.0 Å². The molecular weight excluding hydrogens is 1120 g/mol. The van der Waals surface area contributed by atoms with Crippen molar-refractivity contribution >= 4 is 17.7 Å². The summed E-state index contributed by atoms with van der Waals surface area (Å²) in [6.07, 6.45) is 5.05. The van der Waals surface area contributed by atoms with E-state index >= 15 is 4.79 Å². The molecule has 20 heteroatoms. The number of Topliss-reactive ketones (excluding diaryl/α,β-unsaturated/α-hetero) is 1. The predicted molar refractivity (Wildman–Crippen MR) is 316 cm³/mol. The summed E-state index contributed by atoms with van der Waals surface area (Å²) >= 11 is 0. The monoisotopic (exact) mass is 1220 g/mol. The zero-order valence-corrected chi connectivity index (χ0v) is 53.6. The Balaban J connectivity index is 0.903. The van der Waals surface area contributed by atoms with Gasteiger partial charge in [0.1, 0.15) is 23.5 Å². The summed E-state index contributed by atoms with van der Waals surface area (Å²) in [6.45, 7) is 26.7. The fraction of sp³-hybridized carbons (Fsp3) is 0.806. The number of aliphatic hydroxyl groups excluding tert-OH is 4. The number of ether oxygens (including phenoxy) is 11. The minimum absolute atomic E-state index is 0.0144. The Labute approximate surface area is 514 Å². The lowest BCUT2D eigenvalue weighted by Crippen LogP contribution is -2.62. The maximum absolute atomic E-state index is 15.6. The van der Waals surface area contributed by atoms with Crippen LogP contribution in [0, 0.1) is 52.8 Å². The summed E-state index contributed by atoms with van der Waals surface area (Å²) in [5.41, 5.74) is -2.83. The standard InChI is InChI=1S/C67H101NO19/c1-15-42-16-17-43-26-35(6)58(86-54-30-65(13,76)61(40(11)81-54)68-41(12)69)33(4)24-31(2)45-19-18-44-56(66(45,14)62(73)55-63(74)67(43,29-42)87-64(55)75)32(3)25-34(5)59(44)84-51-23-21-48(37(8)78-51)82-53-28-49(83-50-22-20-46(70)36(7)77-50)60(39(10)80-53)85-52-27-47(71)57(72)38(9)79-52/h16-19,24,26,32-34,36-40,42-54,56-61,70-73,76H,15,20-23,25,27-30H2,1-14H3,(H,68,69)/b31-24+,35-26+,62-55-. The largest absolute Gasteiger partial charge is 0.511 e. The van der Waals surface area contributed by atoms with Gasteiger partial charge in [0.05, 0.1) is 78.8 Å². The van der Waals surface area contributed by atoms with Crippen molar-refractivity contribution in [2.45, 2.75) is 289 Å². The summed E-state index contributed by atoms with van der Waals surface area (Å²) in [5.74, 6) is -4.07. The van der Waals surface area contributed by atoms with Crippen molar-refractivity contribution in [1.29, 1.82) is 0 Å². The summed E-state index contributed by atoms with van der Waals surface area (Å²) in [7, 11) is 0. The molecule has 10 rings (SSSR count). The van der Waals surface area contributed by atoms with E-state index in [2.05, 4.69) is 50.4 Å². The number of nitrogens with one attached hydrogen (secondary N) is 1. The molecule has 30 atom stereocenters. The molecule has 1 spiro atoms. The van der Waals surface area contributed by atoms with Crippen molar-refractivity contribution in [2.75, 3.05) is 0 Å². The van der Waals surface area contributed by atoms with Crippen molar-refractivity contribution in [3.8, 4) is 0 Å². The van der Waals surface area contributed by atoms with E-state index in [-0.39, 0.29) is 90.6 Å². The molecule has 87 heavy (non-hydrogen) atoms. The van der Waals surface area contributed by atoms with E-state index in [4.69, 9.17) is 52.1 Å². The number of carbonyl (C=O) groups excluding carboxylic acids is 3. The zero-order chi connectivity index (χ0) is 62.9. The van der Waals surface area contributed by atoms with Crippen molar-refractivity contribution in [2.24, 2.45) is 52.8 Å². The molecule has 20 nitrogen and oxygen atoms in total. The van der Waals surface area contributed by atoms with Gasteiger partial charge >= 0.3 is 5.97 Å².